The molecule has 0 unspecified atom stereocenters. The molecule has 0 N–H and O–H groups in total. The Morgan fingerprint density at radius 1 is 0.133 bits per heavy atom. The van der Waals surface area contributed by atoms with Gasteiger partial charge in [-0.05, 0) is 114 Å². The summed E-state index contributed by atoms with van der Waals surface area (Å²) in [5.41, 5.74) is 22.8. The van der Waals surface area contributed by atoms with Gasteiger partial charge in [-0.1, -0.05) is 212 Å². The molecule has 6 nitrogen and oxygen atoms in total. The maximum absolute atomic E-state index is 2.56. The van der Waals surface area contributed by atoms with Crippen LogP contribution in [0.2, 0.25) is 0 Å². The number of nitrogens with zero attached hydrogens (tertiary/aromatic N) is 6. The molecule has 6 aromatic heterocycles. The van der Waals surface area contributed by atoms with Crippen molar-refractivity contribution in [2.24, 2.45) is 0 Å². The van der Waals surface area contributed by atoms with Crippen molar-refractivity contribution in [1.29, 1.82) is 0 Å². The van der Waals surface area contributed by atoms with Gasteiger partial charge in [0.25, 0.3) is 0 Å². The van der Waals surface area contributed by atoms with E-state index in [1.165, 1.54) is 103 Å². The van der Waals surface area contributed by atoms with E-state index in [2.05, 4.69) is 343 Å². The van der Waals surface area contributed by atoms with Gasteiger partial charge in [-0.15, -0.1) is 0 Å². The van der Waals surface area contributed by atoms with E-state index in [0.29, 0.717) is 0 Å². The van der Waals surface area contributed by atoms with Crippen LogP contribution in [0.25, 0.3) is 176 Å². The van der Waals surface area contributed by atoms with Crippen LogP contribution in [0, 0.1) is 0 Å². The number of fused-ring (bicyclic) bond motifs is 21. The second-order valence-electron chi connectivity index (χ2n) is 24.0. The molecule has 0 bridgehead atoms. The maximum atomic E-state index is 2.56. The van der Waals surface area contributed by atoms with E-state index < -0.39 is 0 Å². The highest BCUT2D eigenvalue weighted by Gasteiger charge is 2.26. The minimum atomic E-state index is 1.07. The smallest absolute Gasteiger partial charge is 0.0788 e. The van der Waals surface area contributed by atoms with Gasteiger partial charge in [0.1, 0.15) is 0 Å². The molecule has 0 aliphatic rings. The summed E-state index contributed by atoms with van der Waals surface area (Å²) in [5.74, 6) is 0. The third kappa shape index (κ3) is 6.76. The van der Waals surface area contributed by atoms with E-state index >= 15 is 0 Å². The van der Waals surface area contributed by atoms with Crippen molar-refractivity contribution >= 4 is 131 Å². The van der Waals surface area contributed by atoms with Crippen molar-refractivity contribution in [2.75, 3.05) is 0 Å². The third-order valence-corrected chi connectivity index (χ3v) is 19.3. The minimum Gasteiger partial charge on any atom is -0.307 e. The summed E-state index contributed by atoms with van der Waals surface area (Å²) in [4.78, 5) is 0. The number of aromatic nitrogens is 6. The lowest BCUT2D eigenvalue weighted by Gasteiger charge is -2.18. The van der Waals surface area contributed by atoms with Gasteiger partial charge in [-0.2, -0.15) is 0 Å². The van der Waals surface area contributed by atoms with Crippen LogP contribution in [0.5, 0.6) is 0 Å². The summed E-state index contributed by atoms with van der Waals surface area (Å²) >= 11 is 0. The Kier molecular flexibility index (Phi) is 10.2. The van der Waals surface area contributed by atoms with E-state index in [9.17, 15) is 0 Å². The fraction of sp³-hybridized carbons (Fsp3) is 0. The predicted molar refractivity (Wildman–Crippen MR) is 378 cm³/mol. The van der Waals surface area contributed by atoms with Crippen molar-refractivity contribution in [3.63, 3.8) is 0 Å². The zero-order valence-electron chi connectivity index (χ0n) is 48.7. The zero-order chi connectivity index (χ0) is 58.7. The maximum Gasteiger partial charge on any atom is 0.0788 e. The molecule has 0 radical (unpaired) electrons. The van der Waals surface area contributed by atoms with Crippen LogP contribution < -0.4 is 0 Å². The Bertz CT molecular complexity index is 6120. The normalized spacial score (nSPS) is 12.2. The average Bonchev–Trinajstić information content (AvgIpc) is 1.57. The first-order chi connectivity index (χ1) is 44.7. The Hall–Kier alpha value is -12.1. The minimum absolute atomic E-state index is 1.07. The Morgan fingerprint density at radius 2 is 0.344 bits per heavy atom. The van der Waals surface area contributed by atoms with Gasteiger partial charge in [-0.3, -0.25) is 0 Å². The molecule has 0 spiro atoms. The summed E-state index contributed by atoms with van der Waals surface area (Å²) in [6, 6.07) is 117. The molecule has 0 amide bonds. The van der Waals surface area contributed by atoms with Crippen molar-refractivity contribution in [1.82, 2.24) is 27.4 Å². The van der Waals surface area contributed by atoms with Gasteiger partial charge in [0.15, 0.2) is 0 Å². The fourth-order valence-corrected chi connectivity index (χ4v) is 15.7. The van der Waals surface area contributed by atoms with Crippen LogP contribution in [0.1, 0.15) is 0 Å². The lowest BCUT2D eigenvalue weighted by Crippen LogP contribution is -2.03. The molecule has 0 atom stereocenters. The molecule has 90 heavy (non-hydrogen) atoms. The average molecular weight is 1150 g/mol. The zero-order valence-corrected chi connectivity index (χ0v) is 48.7. The van der Waals surface area contributed by atoms with E-state index in [0.717, 1.165) is 72.8 Å². The van der Waals surface area contributed by atoms with Crippen molar-refractivity contribution < 1.29 is 0 Å². The lowest BCUT2D eigenvalue weighted by molar-refractivity contribution is 1.12. The van der Waals surface area contributed by atoms with Gasteiger partial charge in [0.05, 0.1) is 66.2 Å². The summed E-state index contributed by atoms with van der Waals surface area (Å²) in [6.07, 6.45) is 0. The van der Waals surface area contributed by atoms with Crippen molar-refractivity contribution in [3.05, 3.63) is 315 Å². The molecule has 0 saturated heterocycles. The second kappa shape index (κ2) is 18.7. The summed E-state index contributed by atoms with van der Waals surface area (Å²) < 4.78 is 15.1. The number of hydrogen-bond acceptors (Lipinski definition) is 0. The third-order valence-electron chi connectivity index (χ3n) is 19.3. The van der Waals surface area contributed by atoms with Gasteiger partial charge < -0.3 is 27.4 Å². The summed E-state index contributed by atoms with van der Waals surface area (Å²) in [5, 5.41) is 14.6. The molecule has 14 aromatic carbocycles. The molecule has 0 aliphatic carbocycles. The van der Waals surface area contributed by atoms with E-state index in [1.807, 2.05) is 0 Å². The predicted octanol–water partition coefficient (Wildman–Crippen LogP) is 21.9. The topological polar surface area (TPSA) is 29.6 Å². The highest BCUT2D eigenvalue weighted by Crippen LogP contribution is 2.47. The van der Waals surface area contributed by atoms with Crippen LogP contribution in [0.4, 0.5) is 0 Å². The molecule has 20 rings (SSSR count). The highest BCUT2D eigenvalue weighted by atomic mass is 15.1. The van der Waals surface area contributed by atoms with Crippen LogP contribution >= 0.6 is 0 Å². The molecule has 0 aliphatic heterocycles. The SMILES string of the molecule is c1ccc(-n2c3ccccc3c3ccc4c5ccccc5n(-c5ccc(-c6cc(-n7c8ccccc8c8ccc9c%10ccccc%10n(-c%10ccccc%10)c9c87)cc(-n7c8ccccc8c8ccc9c%10ccccc%10n(-c%10ccccc%10)c9c87)c6)cc5)c4c32)cc1. The number of benzene rings is 14. The molecule has 6 heteroatoms. The first-order valence-corrected chi connectivity index (χ1v) is 31.0. The molecule has 6 heterocycles. The molecular weight excluding hydrogens is 1090 g/mol. The second-order valence-corrected chi connectivity index (χ2v) is 24.0. The molecule has 418 valence electrons. The van der Waals surface area contributed by atoms with E-state index in [1.54, 1.807) is 0 Å². The van der Waals surface area contributed by atoms with Gasteiger partial charge in [0.2, 0.25) is 0 Å². The Labute approximate surface area is 516 Å². The van der Waals surface area contributed by atoms with E-state index in [-0.39, 0.29) is 0 Å². The van der Waals surface area contributed by atoms with Crippen LogP contribution in [-0.2, 0) is 0 Å². The molecular formula is C84H52N6. The summed E-state index contributed by atoms with van der Waals surface area (Å²) in [7, 11) is 0. The highest BCUT2D eigenvalue weighted by molar-refractivity contribution is 6.27. The van der Waals surface area contributed by atoms with Gasteiger partial charge >= 0.3 is 0 Å². The monoisotopic (exact) mass is 1140 g/mol. The van der Waals surface area contributed by atoms with E-state index in [4.69, 9.17) is 0 Å². The lowest BCUT2D eigenvalue weighted by atomic mass is 10.0. The van der Waals surface area contributed by atoms with Crippen LogP contribution in [-0.4, -0.2) is 27.4 Å². The first-order valence-electron chi connectivity index (χ1n) is 31.0. The summed E-state index contributed by atoms with van der Waals surface area (Å²) in [6.45, 7) is 0. The Morgan fingerprint density at radius 3 is 0.600 bits per heavy atom. The number of hydrogen-bond donors (Lipinski definition) is 0. The largest absolute Gasteiger partial charge is 0.307 e. The fourth-order valence-electron chi connectivity index (χ4n) is 15.7. The number of para-hydroxylation sites is 9. The first kappa shape index (κ1) is 49.0. The molecule has 20 aromatic rings. The van der Waals surface area contributed by atoms with Crippen LogP contribution in [0.3, 0.4) is 0 Å². The molecule has 0 fully saturated rings. The quantitative estimate of drug-likeness (QED) is 0.152. The Balaban J connectivity index is 0.901. The van der Waals surface area contributed by atoms with Gasteiger partial charge in [-0.25, -0.2) is 0 Å². The van der Waals surface area contributed by atoms with Crippen LogP contribution in [0.15, 0.2) is 315 Å². The molecule has 0 saturated carbocycles. The van der Waals surface area contributed by atoms with Crippen molar-refractivity contribution in [3.8, 4) is 45.3 Å². The van der Waals surface area contributed by atoms with Gasteiger partial charge in [0, 0.05) is 98.8 Å². The standard InChI is InChI=1S/C84H52N6/c1-4-22-55(23-5-1)85-73-34-16-10-28-61(73)67-44-45-68-64-31-13-19-37-76(64)88(80(68)79(67)85)58-42-40-53(41-43-58)54-50-59(89-77-38-20-14-32-65(77)71-48-46-69-62-29-11-17-35-74(62)86(81(69)83(71)89)56-24-6-2-7-25-56)52-60(51-54)90-78-39-21-15-33-66(78)72-49-47-70-63-30-12-18-36-75(63)87(82(70)84(72)90)57-26-8-3-9-27-57/h1-52H. The van der Waals surface area contributed by atoms with Crippen molar-refractivity contribution in [2.45, 2.75) is 0 Å². The number of rotatable bonds is 7.